The lowest BCUT2D eigenvalue weighted by molar-refractivity contribution is 0.290. The number of aromatic nitrogens is 2. The van der Waals surface area contributed by atoms with Gasteiger partial charge in [0.25, 0.3) is 0 Å². The topological polar surface area (TPSA) is 53.1 Å². The van der Waals surface area contributed by atoms with Crippen molar-refractivity contribution in [3.05, 3.63) is 44.6 Å². The maximum Gasteiger partial charge on any atom is 0.131 e. The summed E-state index contributed by atoms with van der Waals surface area (Å²) in [7, 11) is 1.87. The number of nitrogens with two attached hydrogens (primary N) is 1. The van der Waals surface area contributed by atoms with Gasteiger partial charge in [0.05, 0.1) is 16.4 Å². The summed E-state index contributed by atoms with van der Waals surface area (Å²) in [6, 6.07) is 5.71. The van der Waals surface area contributed by atoms with Crippen molar-refractivity contribution in [2.24, 2.45) is 12.8 Å². The normalized spacial score (nSPS) is 12.5. The monoisotopic (exact) mass is 371 g/mol. The molecule has 0 aliphatic heterocycles. The molecule has 2 N–H and O–H groups in total. The lowest BCUT2D eigenvalue weighted by atomic mass is 10.1. The van der Waals surface area contributed by atoms with Crippen molar-refractivity contribution in [1.82, 2.24) is 9.78 Å². The molecule has 0 spiro atoms. The fourth-order valence-corrected chi connectivity index (χ4v) is 2.86. The van der Waals surface area contributed by atoms with Crippen molar-refractivity contribution in [2.45, 2.75) is 32.9 Å². The third-order valence-electron chi connectivity index (χ3n) is 3.33. The van der Waals surface area contributed by atoms with Gasteiger partial charge in [-0.15, -0.1) is 0 Å². The summed E-state index contributed by atoms with van der Waals surface area (Å²) in [6.07, 6.45) is 0.802. The molecule has 2 aromatic rings. The predicted molar refractivity (Wildman–Crippen MR) is 88.7 cm³/mol. The van der Waals surface area contributed by atoms with Gasteiger partial charge < -0.3 is 10.5 Å². The van der Waals surface area contributed by atoms with Crippen LogP contribution in [0.2, 0.25) is 5.02 Å². The van der Waals surface area contributed by atoms with Gasteiger partial charge in [-0.25, -0.2) is 0 Å². The molecule has 0 aliphatic carbocycles. The minimum atomic E-state index is -0.106. The second-order valence-electron chi connectivity index (χ2n) is 4.94. The average Bonchev–Trinajstić information content (AvgIpc) is 2.72. The smallest absolute Gasteiger partial charge is 0.131 e. The lowest BCUT2D eigenvalue weighted by Gasteiger charge is -2.14. The second-order valence-corrected chi connectivity index (χ2v) is 6.24. The number of rotatable bonds is 5. The van der Waals surface area contributed by atoms with Gasteiger partial charge in [0.2, 0.25) is 0 Å². The first-order valence-corrected chi connectivity index (χ1v) is 7.99. The van der Waals surface area contributed by atoms with Crippen molar-refractivity contribution >= 4 is 27.5 Å². The highest BCUT2D eigenvalue weighted by molar-refractivity contribution is 9.10. The standard InChI is InChI=1S/C15H19BrClN3O/c1-4-12-15(17)13(20(3)19-12)8-21-14-6-5-10(16)7-11(14)9(2)18/h5-7,9H,4,8,18H2,1-3H3/t9-/m1/s1. The molecule has 0 saturated heterocycles. The molecule has 1 atom stereocenters. The largest absolute Gasteiger partial charge is 0.487 e. The molecule has 4 nitrogen and oxygen atoms in total. The van der Waals surface area contributed by atoms with Crippen LogP contribution in [0.1, 0.15) is 36.8 Å². The third-order valence-corrected chi connectivity index (χ3v) is 4.26. The SMILES string of the molecule is CCc1nn(C)c(COc2ccc(Br)cc2[C@@H](C)N)c1Cl. The Hall–Kier alpha value is -1.04. The number of hydrogen-bond acceptors (Lipinski definition) is 3. The van der Waals surface area contributed by atoms with Crippen molar-refractivity contribution in [1.29, 1.82) is 0 Å². The summed E-state index contributed by atoms with van der Waals surface area (Å²) in [6.45, 7) is 4.33. The first-order chi connectivity index (χ1) is 9.93. The van der Waals surface area contributed by atoms with Gasteiger partial charge in [0, 0.05) is 23.1 Å². The predicted octanol–water partition coefficient (Wildman–Crippen LogP) is 4.00. The molecule has 0 aliphatic rings. The van der Waals surface area contributed by atoms with Gasteiger partial charge in [0.1, 0.15) is 12.4 Å². The van der Waals surface area contributed by atoms with Gasteiger partial charge in [0.15, 0.2) is 0 Å². The molecular formula is C15H19BrClN3O. The Bertz CT molecular complexity index is 640. The highest BCUT2D eigenvalue weighted by Gasteiger charge is 2.15. The van der Waals surface area contributed by atoms with E-state index in [2.05, 4.69) is 21.0 Å². The fourth-order valence-electron chi connectivity index (χ4n) is 2.13. The van der Waals surface area contributed by atoms with E-state index in [0.29, 0.717) is 11.6 Å². The highest BCUT2D eigenvalue weighted by atomic mass is 79.9. The third kappa shape index (κ3) is 3.59. The number of hydrogen-bond donors (Lipinski definition) is 1. The van der Waals surface area contributed by atoms with Crippen LogP contribution < -0.4 is 10.5 Å². The van der Waals surface area contributed by atoms with E-state index in [1.54, 1.807) is 4.68 Å². The molecule has 114 valence electrons. The highest BCUT2D eigenvalue weighted by Crippen LogP contribution is 2.29. The molecule has 0 radical (unpaired) electrons. The molecule has 1 heterocycles. The van der Waals surface area contributed by atoms with Crippen LogP contribution in [-0.2, 0) is 20.1 Å². The Morgan fingerprint density at radius 3 is 2.76 bits per heavy atom. The zero-order valence-electron chi connectivity index (χ0n) is 12.4. The van der Waals surface area contributed by atoms with Crippen molar-refractivity contribution in [3.63, 3.8) is 0 Å². The summed E-state index contributed by atoms with van der Waals surface area (Å²) >= 11 is 9.78. The van der Waals surface area contributed by atoms with Crippen LogP contribution in [0.3, 0.4) is 0 Å². The van der Waals surface area contributed by atoms with Crippen LogP contribution in [0.4, 0.5) is 0 Å². The Labute approximate surface area is 138 Å². The van der Waals surface area contributed by atoms with E-state index in [1.165, 1.54) is 0 Å². The van der Waals surface area contributed by atoms with Gasteiger partial charge in [-0.1, -0.05) is 34.5 Å². The molecule has 6 heteroatoms. The fraction of sp³-hybridized carbons (Fsp3) is 0.400. The quantitative estimate of drug-likeness (QED) is 0.863. The van der Waals surface area contributed by atoms with E-state index in [1.807, 2.05) is 39.1 Å². The second kappa shape index (κ2) is 6.81. The molecule has 1 aromatic carbocycles. The average molecular weight is 373 g/mol. The molecule has 0 amide bonds. The molecular weight excluding hydrogens is 354 g/mol. The molecule has 21 heavy (non-hydrogen) atoms. The minimum absolute atomic E-state index is 0.106. The molecule has 2 rings (SSSR count). The lowest BCUT2D eigenvalue weighted by Crippen LogP contribution is -2.09. The molecule has 0 saturated carbocycles. The van der Waals surface area contributed by atoms with Crippen LogP contribution in [-0.4, -0.2) is 9.78 Å². The molecule has 0 bridgehead atoms. The van der Waals surface area contributed by atoms with Crippen molar-refractivity contribution < 1.29 is 4.74 Å². The van der Waals surface area contributed by atoms with Crippen LogP contribution in [0.15, 0.2) is 22.7 Å². The Morgan fingerprint density at radius 1 is 1.48 bits per heavy atom. The summed E-state index contributed by atoms with van der Waals surface area (Å²) in [5.74, 6) is 0.767. The Balaban J connectivity index is 2.23. The van der Waals surface area contributed by atoms with Crippen LogP contribution >= 0.6 is 27.5 Å². The van der Waals surface area contributed by atoms with E-state index in [9.17, 15) is 0 Å². The van der Waals surface area contributed by atoms with Crippen LogP contribution in [0.5, 0.6) is 5.75 Å². The van der Waals surface area contributed by atoms with E-state index < -0.39 is 0 Å². The van der Waals surface area contributed by atoms with Gasteiger partial charge in [-0.05, 0) is 31.5 Å². The number of aryl methyl sites for hydroxylation is 2. The van der Waals surface area contributed by atoms with Crippen LogP contribution in [0.25, 0.3) is 0 Å². The van der Waals surface area contributed by atoms with E-state index in [-0.39, 0.29) is 6.04 Å². The first kappa shape index (κ1) is 16.3. The number of benzene rings is 1. The zero-order chi connectivity index (χ0) is 15.6. The van der Waals surface area contributed by atoms with Gasteiger partial charge in [-0.2, -0.15) is 5.10 Å². The zero-order valence-corrected chi connectivity index (χ0v) is 14.7. The molecule has 1 aromatic heterocycles. The Morgan fingerprint density at radius 2 is 2.19 bits per heavy atom. The molecule has 0 unspecified atom stereocenters. The minimum Gasteiger partial charge on any atom is -0.487 e. The summed E-state index contributed by atoms with van der Waals surface area (Å²) in [5.41, 5.74) is 8.71. The summed E-state index contributed by atoms with van der Waals surface area (Å²) in [5, 5.41) is 5.07. The Kier molecular flexibility index (Phi) is 5.30. The van der Waals surface area contributed by atoms with Crippen molar-refractivity contribution in [3.8, 4) is 5.75 Å². The van der Waals surface area contributed by atoms with E-state index >= 15 is 0 Å². The first-order valence-electron chi connectivity index (χ1n) is 6.82. The van der Waals surface area contributed by atoms with Gasteiger partial charge in [-0.3, -0.25) is 4.68 Å². The van der Waals surface area contributed by atoms with E-state index in [0.717, 1.165) is 33.6 Å². The maximum atomic E-state index is 6.33. The maximum absolute atomic E-state index is 6.33. The molecule has 0 fully saturated rings. The number of nitrogens with zero attached hydrogens (tertiary/aromatic N) is 2. The van der Waals surface area contributed by atoms with E-state index in [4.69, 9.17) is 22.1 Å². The van der Waals surface area contributed by atoms with Crippen LogP contribution in [0, 0.1) is 0 Å². The number of halogens is 2. The number of ether oxygens (including phenoxy) is 1. The van der Waals surface area contributed by atoms with Gasteiger partial charge >= 0.3 is 0 Å². The summed E-state index contributed by atoms with van der Waals surface area (Å²) in [4.78, 5) is 0. The van der Waals surface area contributed by atoms with Crippen molar-refractivity contribution in [2.75, 3.05) is 0 Å². The summed E-state index contributed by atoms with van der Waals surface area (Å²) < 4.78 is 8.66.